The largest absolute Gasteiger partial charge is 0.508 e. The molecule has 0 bridgehead atoms. The average molecular weight is 430 g/mol. The second-order valence-corrected chi connectivity index (χ2v) is 7.81. The molecule has 3 aromatic rings. The molecule has 3 N–H and O–H groups in total. The second kappa shape index (κ2) is 10.9. The molecular weight excluding hydrogens is 402 g/mol. The fourth-order valence-corrected chi connectivity index (χ4v) is 3.36. The van der Waals surface area contributed by atoms with Crippen molar-refractivity contribution in [3.05, 3.63) is 102 Å². The molecule has 1 unspecified atom stereocenters. The monoisotopic (exact) mass is 429 g/mol. The molecule has 0 aliphatic rings. The highest BCUT2D eigenvalue weighted by Gasteiger charge is 2.29. The lowest BCUT2D eigenvalue weighted by Crippen LogP contribution is -2.50. The first kappa shape index (κ1) is 22.7. The third-order valence-corrected chi connectivity index (χ3v) is 5.06. The van der Waals surface area contributed by atoms with Gasteiger partial charge in [-0.25, -0.2) is 5.43 Å². The highest BCUT2D eigenvalue weighted by Crippen LogP contribution is 2.25. The number of carbonyl (C=O) groups excluding carboxylic acids is 2. The lowest BCUT2D eigenvalue weighted by molar-refractivity contribution is -0.130. The lowest BCUT2D eigenvalue weighted by Gasteiger charge is -2.24. The van der Waals surface area contributed by atoms with Crippen LogP contribution in [-0.2, 0) is 9.59 Å². The van der Waals surface area contributed by atoms with E-state index in [-0.39, 0.29) is 17.6 Å². The Morgan fingerprint density at radius 1 is 0.812 bits per heavy atom. The quantitative estimate of drug-likeness (QED) is 0.376. The molecule has 0 saturated carbocycles. The summed E-state index contributed by atoms with van der Waals surface area (Å²) < 4.78 is 0. The maximum absolute atomic E-state index is 13.3. The highest BCUT2D eigenvalue weighted by atomic mass is 16.3. The third kappa shape index (κ3) is 6.04. The van der Waals surface area contributed by atoms with Crippen LogP contribution in [0, 0.1) is 5.92 Å². The molecule has 2 amide bonds. The van der Waals surface area contributed by atoms with Gasteiger partial charge in [-0.1, -0.05) is 74.5 Å². The van der Waals surface area contributed by atoms with E-state index in [1.807, 2.05) is 74.5 Å². The molecule has 0 aromatic heterocycles. The first-order valence-electron chi connectivity index (χ1n) is 10.5. The average Bonchev–Trinajstić information content (AvgIpc) is 2.80. The SMILES string of the molecule is CC(C)C(NC(=O)C(c1ccccc1)c1ccccc1)C(=O)NN=Cc1ccc(O)cc1. The summed E-state index contributed by atoms with van der Waals surface area (Å²) in [6.07, 6.45) is 1.48. The van der Waals surface area contributed by atoms with Gasteiger partial charge in [0, 0.05) is 0 Å². The zero-order chi connectivity index (χ0) is 22.9. The van der Waals surface area contributed by atoms with Crippen molar-refractivity contribution in [3.8, 4) is 5.75 Å². The number of hydrazone groups is 1. The Kier molecular flexibility index (Phi) is 7.75. The second-order valence-electron chi connectivity index (χ2n) is 7.81. The maximum atomic E-state index is 13.3. The summed E-state index contributed by atoms with van der Waals surface area (Å²) in [6.45, 7) is 3.74. The predicted molar refractivity (Wildman–Crippen MR) is 125 cm³/mol. The Hall–Kier alpha value is -3.93. The lowest BCUT2D eigenvalue weighted by atomic mass is 9.89. The van der Waals surface area contributed by atoms with E-state index in [2.05, 4.69) is 15.8 Å². The number of benzene rings is 3. The molecule has 164 valence electrons. The van der Waals surface area contributed by atoms with Gasteiger partial charge >= 0.3 is 0 Å². The maximum Gasteiger partial charge on any atom is 0.262 e. The minimum atomic E-state index is -0.755. The van der Waals surface area contributed by atoms with Crippen molar-refractivity contribution < 1.29 is 14.7 Å². The standard InChI is InChI=1S/C26H27N3O3/c1-18(2)24(26(32)29-27-17-19-13-15-22(30)16-14-19)28-25(31)23(20-9-5-3-6-10-20)21-11-7-4-8-12-21/h3-18,23-24,30H,1-2H3,(H,28,31)(H,29,32). The van der Waals surface area contributed by atoms with E-state index < -0.39 is 17.9 Å². The van der Waals surface area contributed by atoms with Gasteiger partial charge in [0.25, 0.3) is 5.91 Å². The van der Waals surface area contributed by atoms with Gasteiger partial charge in [-0.2, -0.15) is 5.10 Å². The van der Waals surface area contributed by atoms with Crippen molar-refractivity contribution in [3.63, 3.8) is 0 Å². The van der Waals surface area contributed by atoms with Crippen LogP contribution in [0.3, 0.4) is 0 Å². The molecule has 0 heterocycles. The van der Waals surface area contributed by atoms with E-state index in [0.717, 1.165) is 16.7 Å². The van der Waals surface area contributed by atoms with Gasteiger partial charge in [-0.3, -0.25) is 9.59 Å². The number of rotatable bonds is 8. The van der Waals surface area contributed by atoms with Crippen LogP contribution in [0.25, 0.3) is 0 Å². The summed E-state index contributed by atoms with van der Waals surface area (Å²) in [4.78, 5) is 26.1. The van der Waals surface area contributed by atoms with Crippen molar-refractivity contribution in [2.75, 3.05) is 0 Å². The first-order chi connectivity index (χ1) is 15.5. The van der Waals surface area contributed by atoms with Crippen molar-refractivity contribution in [1.29, 1.82) is 0 Å². The van der Waals surface area contributed by atoms with Gasteiger partial charge < -0.3 is 10.4 Å². The molecular formula is C26H27N3O3. The Bertz CT molecular complexity index is 1010. The van der Waals surface area contributed by atoms with Crippen LogP contribution in [0.15, 0.2) is 90.0 Å². The van der Waals surface area contributed by atoms with Crippen LogP contribution in [0.1, 0.15) is 36.5 Å². The van der Waals surface area contributed by atoms with Crippen LogP contribution in [0.5, 0.6) is 5.75 Å². The Morgan fingerprint density at radius 2 is 1.34 bits per heavy atom. The highest BCUT2D eigenvalue weighted by molar-refractivity contribution is 5.93. The molecule has 6 nitrogen and oxygen atoms in total. The number of hydrogen-bond donors (Lipinski definition) is 3. The Labute approximate surface area is 188 Å². The van der Waals surface area contributed by atoms with Gasteiger partial charge in [0.1, 0.15) is 11.8 Å². The summed E-state index contributed by atoms with van der Waals surface area (Å²) in [6, 6.07) is 24.7. The van der Waals surface area contributed by atoms with E-state index in [0.29, 0.717) is 0 Å². The van der Waals surface area contributed by atoms with Gasteiger partial charge in [0.05, 0.1) is 12.1 Å². The minimum Gasteiger partial charge on any atom is -0.508 e. The number of aromatic hydroxyl groups is 1. The number of nitrogens with zero attached hydrogens (tertiary/aromatic N) is 1. The smallest absolute Gasteiger partial charge is 0.262 e. The first-order valence-corrected chi connectivity index (χ1v) is 10.5. The van der Waals surface area contributed by atoms with Gasteiger partial charge in [-0.05, 0) is 46.9 Å². The van der Waals surface area contributed by atoms with Crippen LogP contribution >= 0.6 is 0 Å². The molecule has 0 aliphatic heterocycles. The van der Waals surface area contributed by atoms with Gasteiger partial charge in [-0.15, -0.1) is 0 Å². The molecule has 0 saturated heterocycles. The number of hydrogen-bond acceptors (Lipinski definition) is 4. The molecule has 6 heteroatoms. The predicted octanol–water partition coefficient (Wildman–Crippen LogP) is 3.82. The summed E-state index contributed by atoms with van der Waals surface area (Å²) >= 11 is 0. The zero-order valence-corrected chi connectivity index (χ0v) is 18.1. The van der Waals surface area contributed by atoms with Crippen LogP contribution < -0.4 is 10.7 Å². The molecule has 0 aliphatic carbocycles. The van der Waals surface area contributed by atoms with Gasteiger partial charge in [0.15, 0.2) is 0 Å². The Morgan fingerprint density at radius 3 is 1.84 bits per heavy atom. The van der Waals surface area contributed by atoms with E-state index >= 15 is 0 Å². The van der Waals surface area contributed by atoms with Crippen molar-refractivity contribution in [2.24, 2.45) is 11.0 Å². The summed E-state index contributed by atoms with van der Waals surface area (Å²) in [7, 11) is 0. The summed E-state index contributed by atoms with van der Waals surface area (Å²) in [5.74, 6) is -1.18. The number of carbonyl (C=O) groups is 2. The Balaban J connectivity index is 1.75. The number of phenolic OH excluding ortho intramolecular Hbond substituents is 1. The summed E-state index contributed by atoms with van der Waals surface area (Å²) in [5, 5.41) is 16.2. The fourth-order valence-electron chi connectivity index (χ4n) is 3.36. The molecule has 0 radical (unpaired) electrons. The van der Waals surface area contributed by atoms with Crippen LogP contribution in [-0.4, -0.2) is 29.2 Å². The third-order valence-electron chi connectivity index (χ3n) is 5.06. The zero-order valence-electron chi connectivity index (χ0n) is 18.1. The van der Waals surface area contributed by atoms with E-state index in [9.17, 15) is 14.7 Å². The van der Waals surface area contributed by atoms with Crippen LogP contribution in [0.2, 0.25) is 0 Å². The molecule has 3 aromatic carbocycles. The normalized spacial score (nSPS) is 12.1. The van der Waals surface area contributed by atoms with E-state index in [1.54, 1.807) is 12.1 Å². The fraction of sp³-hybridized carbons (Fsp3) is 0.192. The van der Waals surface area contributed by atoms with Crippen molar-refractivity contribution >= 4 is 18.0 Å². The van der Waals surface area contributed by atoms with E-state index in [1.165, 1.54) is 18.3 Å². The molecule has 0 fully saturated rings. The molecule has 0 spiro atoms. The van der Waals surface area contributed by atoms with Gasteiger partial charge in [0.2, 0.25) is 5.91 Å². The topological polar surface area (TPSA) is 90.8 Å². The molecule has 3 rings (SSSR count). The van der Waals surface area contributed by atoms with Crippen molar-refractivity contribution in [1.82, 2.24) is 10.7 Å². The minimum absolute atomic E-state index is 0.144. The van der Waals surface area contributed by atoms with Crippen LogP contribution in [0.4, 0.5) is 0 Å². The molecule has 1 atom stereocenters. The van der Waals surface area contributed by atoms with Crippen molar-refractivity contribution in [2.45, 2.75) is 25.8 Å². The molecule has 32 heavy (non-hydrogen) atoms. The number of phenols is 1. The number of nitrogens with one attached hydrogen (secondary N) is 2. The summed E-state index contributed by atoms with van der Waals surface area (Å²) in [5.41, 5.74) is 4.93. The number of amides is 2. The van der Waals surface area contributed by atoms with E-state index in [4.69, 9.17) is 0 Å².